The molecule has 2 aromatic carbocycles. The molecule has 4 rings (SSSR count). The molecule has 0 saturated carbocycles. The van der Waals surface area contributed by atoms with E-state index in [1.807, 2.05) is 29.2 Å². The lowest BCUT2D eigenvalue weighted by Gasteiger charge is -2.35. The van der Waals surface area contributed by atoms with Gasteiger partial charge >= 0.3 is 6.03 Å². The summed E-state index contributed by atoms with van der Waals surface area (Å²) in [6, 6.07) is 14.2. The third-order valence-electron chi connectivity index (χ3n) is 5.32. The predicted octanol–water partition coefficient (Wildman–Crippen LogP) is 3.82. The highest BCUT2D eigenvalue weighted by molar-refractivity contribution is 5.80. The van der Waals surface area contributed by atoms with Gasteiger partial charge in [0, 0.05) is 25.0 Å². The molecule has 2 heterocycles. The lowest BCUT2D eigenvalue weighted by atomic mass is 10.0. The minimum absolute atomic E-state index is 0.0576. The molecule has 0 spiro atoms. The molecule has 0 bridgehead atoms. The van der Waals surface area contributed by atoms with E-state index in [2.05, 4.69) is 47.4 Å². The maximum absolute atomic E-state index is 12.7. The second-order valence-corrected chi connectivity index (χ2v) is 7.53. The van der Waals surface area contributed by atoms with E-state index < -0.39 is 0 Å². The van der Waals surface area contributed by atoms with Crippen molar-refractivity contribution < 1.29 is 9.32 Å². The van der Waals surface area contributed by atoms with Gasteiger partial charge in [-0.3, -0.25) is 4.90 Å². The van der Waals surface area contributed by atoms with Gasteiger partial charge in [-0.15, -0.1) is 0 Å². The van der Waals surface area contributed by atoms with Crippen molar-refractivity contribution in [3.63, 3.8) is 0 Å². The van der Waals surface area contributed by atoms with Gasteiger partial charge in [-0.05, 0) is 43.5 Å². The third kappa shape index (κ3) is 4.02. The number of nitrogens with one attached hydrogen (secondary N) is 1. The monoisotopic (exact) mass is 378 g/mol. The molecular weight excluding hydrogens is 352 g/mol. The maximum Gasteiger partial charge on any atom is 0.318 e. The Morgan fingerprint density at radius 1 is 1.18 bits per heavy atom. The number of hydrogen-bond donors (Lipinski definition) is 1. The highest BCUT2D eigenvalue weighted by Crippen LogP contribution is 2.18. The number of carbonyl (C=O) groups excluding carboxylic acids is 1. The Morgan fingerprint density at radius 3 is 2.93 bits per heavy atom. The van der Waals surface area contributed by atoms with Crippen LogP contribution in [0.3, 0.4) is 0 Å². The van der Waals surface area contributed by atoms with Gasteiger partial charge in [-0.1, -0.05) is 41.1 Å². The van der Waals surface area contributed by atoms with Crippen LogP contribution in [0.2, 0.25) is 0 Å². The molecule has 1 saturated heterocycles. The van der Waals surface area contributed by atoms with Crippen molar-refractivity contribution in [2.24, 2.45) is 0 Å². The molecule has 1 aliphatic heterocycles. The molecule has 146 valence electrons. The zero-order valence-electron chi connectivity index (χ0n) is 16.4. The first-order chi connectivity index (χ1) is 13.6. The molecule has 2 amide bonds. The van der Waals surface area contributed by atoms with Crippen molar-refractivity contribution in [1.82, 2.24) is 20.3 Å². The van der Waals surface area contributed by atoms with Crippen LogP contribution >= 0.6 is 0 Å². The standard InChI is InChI=1S/C22H26N4O2/c1-16-8-9-17(2)18(12-16)14-25-10-5-11-26(15-25)22(27)23-13-20-19-6-3-4-7-21(19)28-24-20/h3-4,6-9,12H,5,10-11,13-15H2,1-2H3,(H,23,27). The van der Waals surface area contributed by atoms with Crippen LogP contribution in [0.1, 0.15) is 28.8 Å². The van der Waals surface area contributed by atoms with Gasteiger partial charge in [-0.25, -0.2) is 4.79 Å². The minimum Gasteiger partial charge on any atom is -0.356 e. The zero-order valence-corrected chi connectivity index (χ0v) is 16.4. The first-order valence-corrected chi connectivity index (χ1v) is 9.75. The summed E-state index contributed by atoms with van der Waals surface area (Å²) in [5.74, 6) is 0. The summed E-state index contributed by atoms with van der Waals surface area (Å²) in [6.07, 6.45) is 0.977. The quantitative estimate of drug-likeness (QED) is 0.750. The molecule has 6 nitrogen and oxygen atoms in total. The van der Waals surface area contributed by atoms with Crippen LogP contribution in [0.25, 0.3) is 11.0 Å². The van der Waals surface area contributed by atoms with Crippen LogP contribution in [0.4, 0.5) is 4.79 Å². The summed E-state index contributed by atoms with van der Waals surface area (Å²) in [6.45, 7) is 7.91. The van der Waals surface area contributed by atoms with E-state index >= 15 is 0 Å². The largest absolute Gasteiger partial charge is 0.356 e. The molecule has 1 fully saturated rings. The van der Waals surface area contributed by atoms with Gasteiger partial charge in [0.05, 0.1) is 13.2 Å². The van der Waals surface area contributed by atoms with E-state index in [0.29, 0.717) is 13.2 Å². The lowest BCUT2D eigenvalue weighted by Crippen LogP contribution is -2.50. The van der Waals surface area contributed by atoms with Crippen LogP contribution in [-0.2, 0) is 13.1 Å². The normalized spacial score (nSPS) is 15.1. The number of para-hydroxylation sites is 1. The molecule has 0 unspecified atom stereocenters. The van der Waals surface area contributed by atoms with Crippen LogP contribution in [0, 0.1) is 13.8 Å². The number of aromatic nitrogens is 1. The van der Waals surface area contributed by atoms with Gasteiger partial charge in [0.15, 0.2) is 5.58 Å². The summed E-state index contributed by atoms with van der Waals surface area (Å²) in [5.41, 5.74) is 5.39. The lowest BCUT2D eigenvalue weighted by molar-refractivity contribution is 0.0980. The number of amides is 2. The van der Waals surface area contributed by atoms with Gasteiger partial charge in [0.25, 0.3) is 0 Å². The van der Waals surface area contributed by atoms with E-state index in [0.717, 1.165) is 42.7 Å². The van der Waals surface area contributed by atoms with E-state index in [-0.39, 0.29) is 6.03 Å². The number of carbonyl (C=O) groups is 1. The summed E-state index contributed by atoms with van der Waals surface area (Å²) < 4.78 is 5.31. The highest BCUT2D eigenvalue weighted by Gasteiger charge is 2.22. The SMILES string of the molecule is Cc1ccc(C)c(CN2CCCN(C(=O)NCc3noc4ccccc34)C2)c1. The number of rotatable bonds is 4. The number of urea groups is 1. The third-order valence-corrected chi connectivity index (χ3v) is 5.32. The zero-order chi connectivity index (χ0) is 19.5. The van der Waals surface area contributed by atoms with Crippen molar-refractivity contribution in [2.75, 3.05) is 19.8 Å². The molecule has 1 N–H and O–H groups in total. The van der Waals surface area contributed by atoms with Crippen LogP contribution < -0.4 is 5.32 Å². The van der Waals surface area contributed by atoms with Crippen LogP contribution in [-0.4, -0.2) is 40.7 Å². The van der Waals surface area contributed by atoms with Gasteiger partial charge in [0.2, 0.25) is 0 Å². The van der Waals surface area contributed by atoms with E-state index in [1.165, 1.54) is 16.7 Å². The molecule has 0 radical (unpaired) electrons. The van der Waals surface area contributed by atoms with Crippen molar-refractivity contribution in [2.45, 2.75) is 33.4 Å². The van der Waals surface area contributed by atoms with Crippen LogP contribution in [0.15, 0.2) is 47.0 Å². The fourth-order valence-electron chi connectivity index (χ4n) is 3.71. The summed E-state index contributed by atoms with van der Waals surface area (Å²) in [7, 11) is 0. The van der Waals surface area contributed by atoms with E-state index in [4.69, 9.17) is 4.52 Å². The Bertz CT molecular complexity index is 982. The average Bonchev–Trinajstić information content (AvgIpc) is 3.12. The fraction of sp³-hybridized carbons (Fsp3) is 0.364. The molecule has 1 aromatic heterocycles. The summed E-state index contributed by atoms with van der Waals surface area (Å²) in [5, 5.41) is 8.01. The Balaban J connectivity index is 1.36. The Morgan fingerprint density at radius 2 is 2.04 bits per heavy atom. The van der Waals surface area contributed by atoms with Gasteiger partial charge < -0.3 is 14.7 Å². The molecule has 28 heavy (non-hydrogen) atoms. The van der Waals surface area contributed by atoms with Crippen molar-refractivity contribution >= 4 is 17.0 Å². The molecule has 1 aliphatic rings. The summed E-state index contributed by atoms with van der Waals surface area (Å²) in [4.78, 5) is 16.9. The number of aryl methyl sites for hydroxylation is 2. The Kier molecular flexibility index (Phi) is 5.30. The fourth-order valence-corrected chi connectivity index (χ4v) is 3.71. The first-order valence-electron chi connectivity index (χ1n) is 9.75. The second kappa shape index (κ2) is 8.02. The first kappa shape index (κ1) is 18.5. The molecule has 6 heteroatoms. The number of nitrogens with zero attached hydrogens (tertiary/aromatic N) is 3. The molecule has 0 aliphatic carbocycles. The van der Waals surface area contributed by atoms with E-state index in [1.54, 1.807) is 0 Å². The van der Waals surface area contributed by atoms with Crippen molar-refractivity contribution in [3.8, 4) is 0 Å². The number of hydrogen-bond acceptors (Lipinski definition) is 4. The van der Waals surface area contributed by atoms with Gasteiger partial charge in [0.1, 0.15) is 5.69 Å². The van der Waals surface area contributed by atoms with Crippen molar-refractivity contribution in [1.29, 1.82) is 0 Å². The Hall–Kier alpha value is -2.86. The average molecular weight is 378 g/mol. The Labute approximate surface area is 165 Å². The maximum atomic E-state index is 12.7. The molecule has 0 atom stereocenters. The molecular formula is C22H26N4O2. The predicted molar refractivity (Wildman–Crippen MR) is 109 cm³/mol. The van der Waals surface area contributed by atoms with Crippen molar-refractivity contribution in [3.05, 3.63) is 64.8 Å². The smallest absolute Gasteiger partial charge is 0.318 e. The van der Waals surface area contributed by atoms with E-state index in [9.17, 15) is 4.79 Å². The van der Waals surface area contributed by atoms with Crippen LogP contribution in [0.5, 0.6) is 0 Å². The van der Waals surface area contributed by atoms with Gasteiger partial charge in [-0.2, -0.15) is 0 Å². The minimum atomic E-state index is -0.0576. The number of benzene rings is 2. The molecule has 3 aromatic rings. The second-order valence-electron chi connectivity index (χ2n) is 7.53. The highest BCUT2D eigenvalue weighted by atomic mass is 16.5. The number of fused-ring (bicyclic) bond motifs is 1. The topological polar surface area (TPSA) is 61.6 Å². The summed E-state index contributed by atoms with van der Waals surface area (Å²) >= 11 is 0.